The minimum absolute atomic E-state index is 0.0697. The van der Waals surface area contributed by atoms with Crippen molar-refractivity contribution in [2.75, 3.05) is 0 Å². The van der Waals surface area contributed by atoms with E-state index >= 15 is 0 Å². The van der Waals surface area contributed by atoms with Crippen LogP contribution in [-0.2, 0) is 4.79 Å². The number of nitrogens with one attached hydrogen (secondary N) is 2. The minimum atomic E-state index is -0.287. The highest BCUT2D eigenvalue weighted by Gasteiger charge is 2.29. The van der Waals surface area contributed by atoms with Crippen molar-refractivity contribution in [1.82, 2.24) is 10.6 Å². The van der Waals surface area contributed by atoms with Gasteiger partial charge in [-0.25, -0.2) is 0 Å². The molecule has 3 N–H and O–H groups in total. The molecule has 0 bridgehead atoms. The molecule has 0 aromatic rings. The molecule has 3 unspecified atom stereocenters. The lowest BCUT2D eigenvalue weighted by atomic mass is 9.92. The molecule has 0 aromatic carbocycles. The van der Waals surface area contributed by atoms with Crippen molar-refractivity contribution >= 4 is 5.91 Å². The van der Waals surface area contributed by atoms with Crippen molar-refractivity contribution in [2.24, 2.45) is 0 Å². The van der Waals surface area contributed by atoms with E-state index in [1.165, 1.54) is 0 Å². The smallest absolute Gasteiger partial charge is 0.237 e. The highest BCUT2D eigenvalue weighted by molar-refractivity contribution is 5.81. The number of hydrogen-bond donors (Lipinski definition) is 3. The third kappa shape index (κ3) is 3.19. The van der Waals surface area contributed by atoms with Crippen LogP contribution in [0, 0.1) is 0 Å². The molecule has 16 heavy (non-hydrogen) atoms. The van der Waals surface area contributed by atoms with Gasteiger partial charge in [-0.15, -0.1) is 0 Å². The summed E-state index contributed by atoms with van der Waals surface area (Å²) < 4.78 is 0. The summed E-state index contributed by atoms with van der Waals surface area (Å²) in [4.78, 5) is 11.7. The largest absolute Gasteiger partial charge is 0.392 e. The maximum absolute atomic E-state index is 11.7. The van der Waals surface area contributed by atoms with Crippen molar-refractivity contribution in [3.8, 4) is 0 Å². The molecular formula is C12H22N2O2. The summed E-state index contributed by atoms with van der Waals surface area (Å²) in [5.41, 5.74) is 0. The Hall–Kier alpha value is -0.610. The second-order valence-corrected chi connectivity index (χ2v) is 5.13. The highest BCUT2D eigenvalue weighted by Crippen LogP contribution is 2.20. The Morgan fingerprint density at radius 1 is 1.25 bits per heavy atom. The predicted octanol–water partition coefficient (Wildman–Crippen LogP) is 0.547. The first-order valence-electron chi connectivity index (χ1n) is 6.41. The van der Waals surface area contributed by atoms with Crippen LogP contribution in [0.1, 0.15) is 45.4 Å². The lowest BCUT2D eigenvalue weighted by molar-refractivity contribution is -0.123. The molecule has 2 aliphatic carbocycles. The van der Waals surface area contributed by atoms with Gasteiger partial charge >= 0.3 is 0 Å². The standard InChI is InChI=1S/C12H22N2O2/c1-8(12(16)14-9-6-7-9)13-10-4-2-3-5-11(10)15/h8-11,13,15H,2-7H2,1H3,(H,14,16). The fraction of sp³-hybridized carbons (Fsp3) is 0.917. The Labute approximate surface area is 96.8 Å². The van der Waals surface area contributed by atoms with E-state index in [0.29, 0.717) is 6.04 Å². The van der Waals surface area contributed by atoms with E-state index in [1.807, 2.05) is 6.92 Å². The molecule has 3 atom stereocenters. The lowest BCUT2D eigenvalue weighted by Crippen LogP contribution is -2.51. The number of aliphatic hydroxyl groups is 1. The summed E-state index contributed by atoms with van der Waals surface area (Å²) >= 11 is 0. The fourth-order valence-electron chi connectivity index (χ4n) is 2.26. The van der Waals surface area contributed by atoms with E-state index in [4.69, 9.17) is 0 Å². The highest BCUT2D eigenvalue weighted by atomic mass is 16.3. The van der Waals surface area contributed by atoms with E-state index in [0.717, 1.165) is 38.5 Å². The van der Waals surface area contributed by atoms with E-state index < -0.39 is 0 Å². The Morgan fingerprint density at radius 2 is 1.94 bits per heavy atom. The monoisotopic (exact) mass is 226 g/mol. The van der Waals surface area contributed by atoms with Gasteiger partial charge in [0.15, 0.2) is 0 Å². The van der Waals surface area contributed by atoms with Crippen molar-refractivity contribution < 1.29 is 9.90 Å². The topological polar surface area (TPSA) is 61.4 Å². The number of carbonyl (C=O) groups excluding carboxylic acids is 1. The molecule has 2 saturated carbocycles. The van der Waals surface area contributed by atoms with Crippen LogP contribution < -0.4 is 10.6 Å². The van der Waals surface area contributed by atoms with E-state index in [2.05, 4.69) is 10.6 Å². The Balaban J connectivity index is 1.75. The van der Waals surface area contributed by atoms with Gasteiger partial charge in [0.05, 0.1) is 12.1 Å². The predicted molar refractivity (Wildman–Crippen MR) is 62.0 cm³/mol. The van der Waals surface area contributed by atoms with Gasteiger partial charge in [-0.1, -0.05) is 12.8 Å². The summed E-state index contributed by atoms with van der Waals surface area (Å²) in [6.45, 7) is 1.87. The molecule has 92 valence electrons. The van der Waals surface area contributed by atoms with E-state index in [-0.39, 0.29) is 24.1 Å². The quantitative estimate of drug-likeness (QED) is 0.656. The van der Waals surface area contributed by atoms with Gasteiger partial charge in [0.25, 0.3) is 0 Å². The van der Waals surface area contributed by atoms with Crippen LogP contribution in [0.25, 0.3) is 0 Å². The molecule has 0 aromatic heterocycles. The van der Waals surface area contributed by atoms with Crippen molar-refractivity contribution in [1.29, 1.82) is 0 Å². The second-order valence-electron chi connectivity index (χ2n) is 5.13. The van der Waals surface area contributed by atoms with E-state index in [1.54, 1.807) is 0 Å². The zero-order valence-electron chi connectivity index (χ0n) is 9.91. The molecule has 2 aliphatic rings. The van der Waals surface area contributed by atoms with Crippen LogP contribution in [0.15, 0.2) is 0 Å². The Morgan fingerprint density at radius 3 is 2.56 bits per heavy atom. The number of amides is 1. The number of aliphatic hydroxyl groups excluding tert-OH is 1. The SMILES string of the molecule is CC(NC1CCCCC1O)C(=O)NC1CC1. The van der Waals surface area contributed by atoms with Gasteiger partial charge in [-0.3, -0.25) is 4.79 Å². The van der Waals surface area contributed by atoms with Gasteiger partial charge in [0.2, 0.25) is 5.91 Å². The lowest BCUT2D eigenvalue weighted by Gasteiger charge is -2.30. The molecular weight excluding hydrogens is 204 g/mol. The average molecular weight is 226 g/mol. The van der Waals surface area contributed by atoms with Crippen molar-refractivity contribution in [3.63, 3.8) is 0 Å². The third-order valence-corrected chi connectivity index (χ3v) is 3.51. The van der Waals surface area contributed by atoms with Gasteiger partial charge < -0.3 is 15.7 Å². The zero-order chi connectivity index (χ0) is 11.5. The average Bonchev–Trinajstić information content (AvgIpc) is 3.05. The molecule has 0 aliphatic heterocycles. The minimum Gasteiger partial charge on any atom is -0.392 e. The van der Waals surface area contributed by atoms with Gasteiger partial charge in [-0.2, -0.15) is 0 Å². The molecule has 0 spiro atoms. The van der Waals surface area contributed by atoms with Crippen molar-refractivity contribution in [3.05, 3.63) is 0 Å². The summed E-state index contributed by atoms with van der Waals surface area (Å²) in [5.74, 6) is 0.0697. The van der Waals surface area contributed by atoms with Crippen LogP contribution in [0.3, 0.4) is 0 Å². The summed E-state index contributed by atoms with van der Waals surface area (Å²) in [7, 11) is 0. The first-order valence-corrected chi connectivity index (χ1v) is 6.41. The van der Waals surface area contributed by atoms with Gasteiger partial charge in [0.1, 0.15) is 0 Å². The molecule has 0 heterocycles. The molecule has 1 amide bonds. The molecule has 4 heteroatoms. The first kappa shape index (κ1) is 11.9. The van der Waals surface area contributed by atoms with Crippen LogP contribution in [0.4, 0.5) is 0 Å². The normalized spacial score (nSPS) is 32.1. The summed E-state index contributed by atoms with van der Waals surface area (Å²) in [6.07, 6.45) is 6.02. The number of carbonyl (C=O) groups is 1. The van der Waals surface area contributed by atoms with Crippen molar-refractivity contribution in [2.45, 2.75) is 69.7 Å². The van der Waals surface area contributed by atoms with Crippen LogP contribution in [0.5, 0.6) is 0 Å². The van der Waals surface area contributed by atoms with Gasteiger partial charge in [0, 0.05) is 12.1 Å². The van der Waals surface area contributed by atoms with Crippen LogP contribution in [-0.4, -0.2) is 35.2 Å². The Kier molecular flexibility index (Phi) is 3.82. The number of rotatable bonds is 4. The molecule has 0 radical (unpaired) electrons. The van der Waals surface area contributed by atoms with Crippen LogP contribution >= 0.6 is 0 Å². The maximum atomic E-state index is 11.7. The number of hydrogen-bond acceptors (Lipinski definition) is 3. The Bertz CT molecular complexity index is 253. The third-order valence-electron chi connectivity index (χ3n) is 3.51. The van der Waals surface area contributed by atoms with Crippen LogP contribution in [0.2, 0.25) is 0 Å². The molecule has 4 nitrogen and oxygen atoms in total. The summed E-state index contributed by atoms with van der Waals surface area (Å²) in [5, 5.41) is 16.0. The molecule has 0 saturated heterocycles. The molecule has 2 fully saturated rings. The fourth-order valence-corrected chi connectivity index (χ4v) is 2.26. The van der Waals surface area contributed by atoms with Gasteiger partial charge in [-0.05, 0) is 32.6 Å². The zero-order valence-corrected chi connectivity index (χ0v) is 9.91. The first-order chi connectivity index (χ1) is 7.66. The van der Waals surface area contributed by atoms with E-state index in [9.17, 15) is 9.90 Å². The summed E-state index contributed by atoms with van der Waals surface area (Å²) in [6, 6.07) is 0.306. The second kappa shape index (κ2) is 5.15. The molecule has 2 rings (SSSR count). The maximum Gasteiger partial charge on any atom is 0.237 e.